The zero-order chi connectivity index (χ0) is 9.52. The third kappa shape index (κ3) is 3.24. The SMILES string of the molecule is C=CCCC(NCC)c1csnn1. The normalized spacial score (nSPS) is 12.7. The lowest BCUT2D eigenvalue weighted by atomic mass is 10.1. The van der Waals surface area contributed by atoms with Crippen molar-refractivity contribution < 1.29 is 0 Å². The van der Waals surface area contributed by atoms with Crippen LogP contribution in [0, 0.1) is 0 Å². The van der Waals surface area contributed by atoms with Gasteiger partial charge in [-0.05, 0) is 30.9 Å². The summed E-state index contributed by atoms with van der Waals surface area (Å²) in [5.41, 5.74) is 1.05. The molecule has 0 aliphatic heterocycles. The van der Waals surface area contributed by atoms with Crippen LogP contribution in [0.2, 0.25) is 0 Å². The second-order valence-corrected chi connectivity index (χ2v) is 3.42. The van der Waals surface area contributed by atoms with Gasteiger partial charge in [0, 0.05) is 5.38 Å². The van der Waals surface area contributed by atoms with Crippen molar-refractivity contribution in [2.75, 3.05) is 6.54 Å². The minimum absolute atomic E-state index is 0.335. The lowest BCUT2D eigenvalue weighted by molar-refractivity contribution is 0.507. The lowest BCUT2D eigenvalue weighted by Gasteiger charge is -2.13. The van der Waals surface area contributed by atoms with Gasteiger partial charge in [0.15, 0.2) is 0 Å². The molecule has 1 aromatic heterocycles. The third-order valence-electron chi connectivity index (χ3n) is 1.84. The molecule has 0 aliphatic rings. The van der Waals surface area contributed by atoms with Crippen LogP contribution in [0.15, 0.2) is 18.0 Å². The van der Waals surface area contributed by atoms with Gasteiger partial charge in [-0.3, -0.25) is 0 Å². The molecule has 1 unspecified atom stereocenters. The molecular weight excluding hydrogens is 182 g/mol. The summed E-state index contributed by atoms with van der Waals surface area (Å²) >= 11 is 1.40. The van der Waals surface area contributed by atoms with E-state index in [0.29, 0.717) is 6.04 Å². The highest BCUT2D eigenvalue weighted by molar-refractivity contribution is 7.03. The van der Waals surface area contributed by atoms with Crippen LogP contribution in [0.4, 0.5) is 0 Å². The van der Waals surface area contributed by atoms with Crippen LogP contribution in [0.3, 0.4) is 0 Å². The van der Waals surface area contributed by atoms with E-state index < -0.39 is 0 Å². The Balaban J connectivity index is 2.51. The van der Waals surface area contributed by atoms with Crippen LogP contribution < -0.4 is 5.32 Å². The third-order valence-corrected chi connectivity index (χ3v) is 2.37. The average molecular weight is 197 g/mol. The van der Waals surface area contributed by atoms with Crippen LogP contribution in [-0.2, 0) is 0 Å². The highest BCUT2D eigenvalue weighted by atomic mass is 32.1. The van der Waals surface area contributed by atoms with Crippen molar-refractivity contribution in [1.29, 1.82) is 0 Å². The Morgan fingerprint density at radius 3 is 3.15 bits per heavy atom. The quantitative estimate of drug-likeness (QED) is 0.710. The molecule has 1 atom stereocenters. The fourth-order valence-corrected chi connectivity index (χ4v) is 1.72. The van der Waals surface area contributed by atoms with E-state index in [1.54, 1.807) is 0 Å². The van der Waals surface area contributed by atoms with E-state index in [2.05, 4.69) is 28.4 Å². The van der Waals surface area contributed by atoms with Gasteiger partial charge in [0.25, 0.3) is 0 Å². The molecule has 1 aromatic rings. The van der Waals surface area contributed by atoms with Crippen LogP contribution in [0.5, 0.6) is 0 Å². The fourth-order valence-electron chi connectivity index (χ4n) is 1.21. The first kappa shape index (κ1) is 10.3. The van der Waals surface area contributed by atoms with Gasteiger partial charge >= 0.3 is 0 Å². The number of rotatable bonds is 6. The maximum Gasteiger partial charge on any atom is 0.0924 e. The summed E-state index contributed by atoms with van der Waals surface area (Å²) in [6.07, 6.45) is 3.99. The van der Waals surface area contributed by atoms with Crippen LogP contribution in [0.1, 0.15) is 31.5 Å². The number of hydrogen-bond acceptors (Lipinski definition) is 4. The van der Waals surface area contributed by atoms with Gasteiger partial charge in [0.2, 0.25) is 0 Å². The Morgan fingerprint density at radius 1 is 1.77 bits per heavy atom. The van der Waals surface area contributed by atoms with Gasteiger partial charge in [-0.1, -0.05) is 17.5 Å². The zero-order valence-corrected chi connectivity index (χ0v) is 8.68. The summed E-state index contributed by atoms with van der Waals surface area (Å²) < 4.78 is 3.86. The molecular formula is C9H15N3S. The molecule has 1 N–H and O–H groups in total. The molecule has 72 valence electrons. The second kappa shape index (κ2) is 5.83. The molecule has 1 rings (SSSR count). The molecule has 0 fully saturated rings. The van der Waals surface area contributed by atoms with E-state index >= 15 is 0 Å². The van der Waals surface area contributed by atoms with E-state index in [-0.39, 0.29) is 0 Å². The monoisotopic (exact) mass is 197 g/mol. The summed E-state index contributed by atoms with van der Waals surface area (Å²) in [7, 11) is 0. The minimum atomic E-state index is 0.335. The van der Waals surface area contributed by atoms with Crippen molar-refractivity contribution in [2.24, 2.45) is 0 Å². The van der Waals surface area contributed by atoms with Crippen LogP contribution in [0.25, 0.3) is 0 Å². The predicted octanol–water partition coefficient (Wildman–Crippen LogP) is 2.15. The fraction of sp³-hybridized carbons (Fsp3) is 0.556. The minimum Gasteiger partial charge on any atom is -0.309 e. The molecule has 0 spiro atoms. The Hall–Kier alpha value is -0.740. The summed E-state index contributed by atoms with van der Waals surface area (Å²) in [5.74, 6) is 0. The standard InChI is InChI=1S/C9H15N3S/c1-3-5-6-8(10-4-2)9-7-13-12-11-9/h3,7-8,10H,1,4-6H2,2H3. The van der Waals surface area contributed by atoms with E-state index in [1.165, 1.54) is 11.5 Å². The van der Waals surface area contributed by atoms with Gasteiger partial charge in [-0.15, -0.1) is 11.7 Å². The van der Waals surface area contributed by atoms with Gasteiger partial charge < -0.3 is 5.32 Å². The summed E-state index contributed by atoms with van der Waals surface area (Å²) in [6.45, 7) is 6.77. The molecule has 0 radical (unpaired) electrons. The molecule has 4 heteroatoms. The maximum absolute atomic E-state index is 4.06. The lowest BCUT2D eigenvalue weighted by Crippen LogP contribution is -2.21. The maximum atomic E-state index is 4.06. The molecule has 0 saturated heterocycles. The van der Waals surface area contributed by atoms with Gasteiger partial charge in [-0.2, -0.15) is 0 Å². The largest absolute Gasteiger partial charge is 0.309 e. The van der Waals surface area contributed by atoms with E-state index in [1.807, 2.05) is 11.5 Å². The van der Waals surface area contributed by atoms with Crippen molar-refractivity contribution in [2.45, 2.75) is 25.8 Å². The summed E-state index contributed by atoms with van der Waals surface area (Å²) in [6, 6.07) is 0.335. The number of nitrogens with zero attached hydrogens (tertiary/aromatic N) is 2. The molecule has 3 nitrogen and oxygen atoms in total. The van der Waals surface area contributed by atoms with E-state index in [9.17, 15) is 0 Å². The first-order chi connectivity index (χ1) is 6.38. The van der Waals surface area contributed by atoms with Gasteiger partial charge in [-0.25, -0.2) is 0 Å². The molecule has 0 amide bonds. The van der Waals surface area contributed by atoms with Crippen molar-refractivity contribution in [3.63, 3.8) is 0 Å². The first-order valence-corrected chi connectivity index (χ1v) is 5.33. The molecule has 0 aromatic carbocycles. The number of nitrogens with one attached hydrogen (secondary N) is 1. The second-order valence-electron chi connectivity index (χ2n) is 2.81. The van der Waals surface area contributed by atoms with Crippen molar-refractivity contribution in [3.8, 4) is 0 Å². The van der Waals surface area contributed by atoms with E-state index in [4.69, 9.17) is 0 Å². The summed E-state index contributed by atoms with van der Waals surface area (Å²) in [4.78, 5) is 0. The zero-order valence-electron chi connectivity index (χ0n) is 7.86. The Kier molecular flexibility index (Phi) is 4.64. The molecule has 0 aliphatic carbocycles. The van der Waals surface area contributed by atoms with Crippen molar-refractivity contribution in [1.82, 2.24) is 14.9 Å². The molecule has 13 heavy (non-hydrogen) atoms. The molecule has 1 heterocycles. The Morgan fingerprint density at radius 2 is 2.62 bits per heavy atom. The molecule has 0 saturated carbocycles. The highest BCUT2D eigenvalue weighted by Gasteiger charge is 2.11. The average Bonchev–Trinajstić information content (AvgIpc) is 2.65. The predicted molar refractivity (Wildman–Crippen MR) is 55.8 cm³/mol. The topological polar surface area (TPSA) is 37.8 Å². The number of allylic oxidation sites excluding steroid dienone is 1. The van der Waals surface area contributed by atoms with Gasteiger partial charge in [0.1, 0.15) is 0 Å². The summed E-state index contributed by atoms with van der Waals surface area (Å²) in [5, 5.41) is 9.43. The Bertz CT molecular complexity index is 233. The number of hydrogen-bond donors (Lipinski definition) is 1. The van der Waals surface area contributed by atoms with Crippen molar-refractivity contribution in [3.05, 3.63) is 23.7 Å². The van der Waals surface area contributed by atoms with E-state index in [0.717, 1.165) is 25.1 Å². The van der Waals surface area contributed by atoms with Crippen molar-refractivity contribution >= 4 is 11.5 Å². The van der Waals surface area contributed by atoms with Crippen LogP contribution in [-0.4, -0.2) is 16.1 Å². The smallest absolute Gasteiger partial charge is 0.0924 e. The first-order valence-electron chi connectivity index (χ1n) is 4.49. The van der Waals surface area contributed by atoms with Crippen LogP contribution >= 0.6 is 11.5 Å². The Labute approximate surface area is 83.0 Å². The van der Waals surface area contributed by atoms with Gasteiger partial charge in [0.05, 0.1) is 11.7 Å². The highest BCUT2D eigenvalue weighted by Crippen LogP contribution is 2.16. The molecule has 0 bridgehead atoms. The number of aromatic nitrogens is 2.